The van der Waals surface area contributed by atoms with E-state index in [2.05, 4.69) is 15.1 Å². The molecule has 0 aliphatic heterocycles. The molecule has 130 valence electrons. The second-order valence-electron chi connectivity index (χ2n) is 6.16. The summed E-state index contributed by atoms with van der Waals surface area (Å²) in [6.07, 6.45) is 9.30. The zero-order valence-electron chi connectivity index (χ0n) is 14.6. The van der Waals surface area contributed by atoms with Gasteiger partial charge in [0.1, 0.15) is 5.82 Å². The average molecular weight is 346 g/mol. The molecule has 0 spiro atoms. The van der Waals surface area contributed by atoms with Gasteiger partial charge in [0.15, 0.2) is 5.65 Å². The van der Waals surface area contributed by atoms with E-state index in [0.29, 0.717) is 6.42 Å². The number of amides is 1. The molecule has 0 aliphatic rings. The lowest BCUT2D eigenvalue weighted by Crippen LogP contribution is -2.24. The first-order chi connectivity index (χ1) is 12.6. The van der Waals surface area contributed by atoms with E-state index in [-0.39, 0.29) is 5.91 Å². The Morgan fingerprint density at radius 3 is 2.77 bits per heavy atom. The Morgan fingerprint density at radius 2 is 1.92 bits per heavy atom. The molecule has 0 unspecified atom stereocenters. The molecule has 0 fully saturated rings. The molecule has 0 saturated carbocycles. The molecule has 3 aromatic heterocycles. The smallest absolute Gasteiger partial charge is 0.226 e. The lowest BCUT2D eigenvalue weighted by molar-refractivity contribution is -0.127. The molecule has 0 N–H and O–H groups in total. The van der Waals surface area contributed by atoms with Gasteiger partial charge in [-0.2, -0.15) is 5.10 Å². The topological polar surface area (TPSA) is 68.3 Å². The third kappa shape index (κ3) is 2.73. The Hall–Kier alpha value is -3.48. The number of nitrogens with zero attached hydrogens (tertiary/aromatic N) is 6. The Balaban J connectivity index is 1.82. The van der Waals surface area contributed by atoms with Gasteiger partial charge < -0.3 is 4.90 Å². The standard InChI is InChI=1S/C19H18N6O/c1-23(2)17(26)12-14-6-3-4-7-16(14)24-11-9-21-18(24)15-13-22-25-10-5-8-20-19(15)25/h3-11,13H,12H2,1-2H3. The zero-order chi connectivity index (χ0) is 18.1. The summed E-state index contributed by atoms with van der Waals surface area (Å²) >= 11 is 0. The fourth-order valence-electron chi connectivity index (χ4n) is 2.90. The maximum absolute atomic E-state index is 12.2. The van der Waals surface area contributed by atoms with E-state index >= 15 is 0 Å². The number of aromatic nitrogens is 5. The van der Waals surface area contributed by atoms with Crippen LogP contribution in [0.25, 0.3) is 22.7 Å². The van der Waals surface area contributed by atoms with E-state index in [1.807, 2.05) is 47.3 Å². The number of hydrogen-bond donors (Lipinski definition) is 0. The summed E-state index contributed by atoms with van der Waals surface area (Å²) in [4.78, 5) is 22.7. The fourth-order valence-corrected chi connectivity index (χ4v) is 2.90. The number of carbonyl (C=O) groups excluding carboxylic acids is 1. The molecule has 26 heavy (non-hydrogen) atoms. The summed E-state index contributed by atoms with van der Waals surface area (Å²) in [5.74, 6) is 0.792. The molecular formula is C19H18N6O. The van der Waals surface area contributed by atoms with Crippen molar-refractivity contribution in [3.05, 3.63) is 66.9 Å². The average Bonchev–Trinajstić information content (AvgIpc) is 3.28. The minimum Gasteiger partial charge on any atom is -0.349 e. The van der Waals surface area contributed by atoms with Gasteiger partial charge in [-0.15, -0.1) is 0 Å². The first-order valence-electron chi connectivity index (χ1n) is 8.25. The number of likely N-dealkylation sites (N-methyl/N-ethyl adjacent to an activating group) is 1. The van der Waals surface area contributed by atoms with Crippen LogP contribution in [0, 0.1) is 0 Å². The fraction of sp³-hybridized carbons (Fsp3) is 0.158. The highest BCUT2D eigenvalue weighted by atomic mass is 16.2. The van der Waals surface area contributed by atoms with E-state index in [9.17, 15) is 4.79 Å². The number of para-hydroxylation sites is 1. The van der Waals surface area contributed by atoms with Crippen LogP contribution < -0.4 is 0 Å². The summed E-state index contributed by atoms with van der Waals surface area (Å²) in [6.45, 7) is 0. The van der Waals surface area contributed by atoms with Crippen LogP contribution in [0.4, 0.5) is 0 Å². The lowest BCUT2D eigenvalue weighted by atomic mass is 10.1. The molecule has 0 radical (unpaired) electrons. The van der Waals surface area contributed by atoms with Crippen molar-refractivity contribution in [1.82, 2.24) is 29.0 Å². The van der Waals surface area contributed by atoms with Crippen LogP contribution in [-0.4, -0.2) is 49.1 Å². The molecule has 7 heteroatoms. The second-order valence-corrected chi connectivity index (χ2v) is 6.16. The molecule has 1 aromatic carbocycles. The molecule has 7 nitrogen and oxygen atoms in total. The van der Waals surface area contributed by atoms with Crippen LogP contribution in [0.15, 0.2) is 61.3 Å². The highest BCUT2D eigenvalue weighted by Gasteiger charge is 2.17. The Labute approximate surface area is 150 Å². The monoisotopic (exact) mass is 346 g/mol. The van der Waals surface area contributed by atoms with Gasteiger partial charge in [-0.3, -0.25) is 9.36 Å². The predicted octanol–water partition coefficient (Wildman–Crippen LogP) is 2.21. The van der Waals surface area contributed by atoms with Crippen LogP contribution >= 0.6 is 0 Å². The maximum atomic E-state index is 12.2. The zero-order valence-corrected chi connectivity index (χ0v) is 14.6. The van der Waals surface area contributed by atoms with Gasteiger partial charge in [0.25, 0.3) is 0 Å². The number of carbonyl (C=O) groups is 1. The Bertz CT molecular complexity index is 1080. The van der Waals surface area contributed by atoms with Crippen LogP contribution in [-0.2, 0) is 11.2 Å². The molecule has 0 atom stereocenters. The normalized spacial score (nSPS) is 11.0. The quantitative estimate of drug-likeness (QED) is 0.568. The Kier molecular flexibility index (Phi) is 3.96. The first-order valence-corrected chi connectivity index (χ1v) is 8.25. The summed E-state index contributed by atoms with van der Waals surface area (Å²) in [5, 5.41) is 4.34. The van der Waals surface area contributed by atoms with E-state index in [1.165, 1.54) is 0 Å². The van der Waals surface area contributed by atoms with Gasteiger partial charge in [-0.05, 0) is 17.7 Å². The summed E-state index contributed by atoms with van der Waals surface area (Å²) < 4.78 is 3.69. The largest absolute Gasteiger partial charge is 0.349 e. The maximum Gasteiger partial charge on any atom is 0.226 e. The SMILES string of the molecule is CN(C)C(=O)Cc1ccccc1-n1ccnc1-c1cnn2cccnc12. The van der Waals surface area contributed by atoms with E-state index < -0.39 is 0 Å². The van der Waals surface area contributed by atoms with Crippen molar-refractivity contribution < 1.29 is 4.79 Å². The van der Waals surface area contributed by atoms with Crippen molar-refractivity contribution in [1.29, 1.82) is 0 Å². The summed E-state index contributed by atoms with van der Waals surface area (Å²) in [7, 11) is 3.52. The van der Waals surface area contributed by atoms with Crippen LogP contribution in [0.3, 0.4) is 0 Å². The van der Waals surface area contributed by atoms with Gasteiger partial charge in [0.05, 0.1) is 23.9 Å². The first kappa shape index (κ1) is 16.0. The van der Waals surface area contributed by atoms with Gasteiger partial charge in [-0.25, -0.2) is 14.5 Å². The Morgan fingerprint density at radius 1 is 1.08 bits per heavy atom. The van der Waals surface area contributed by atoms with Crippen molar-refractivity contribution >= 4 is 11.6 Å². The number of benzene rings is 1. The van der Waals surface area contributed by atoms with Crippen LogP contribution in [0.1, 0.15) is 5.56 Å². The molecule has 0 bridgehead atoms. The molecule has 4 rings (SSSR count). The highest BCUT2D eigenvalue weighted by Crippen LogP contribution is 2.26. The summed E-state index contributed by atoms with van der Waals surface area (Å²) in [5.41, 5.74) is 3.44. The lowest BCUT2D eigenvalue weighted by Gasteiger charge is -2.15. The van der Waals surface area contributed by atoms with Gasteiger partial charge in [0.2, 0.25) is 5.91 Å². The molecule has 4 aromatic rings. The number of imidazole rings is 1. The van der Waals surface area contributed by atoms with Crippen molar-refractivity contribution in [2.24, 2.45) is 0 Å². The molecule has 0 saturated heterocycles. The van der Waals surface area contributed by atoms with Crippen molar-refractivity contribution in [3.8, 4) is 17.1 Å². The van der Waals surface area contributed by atoms with E-state index in [1.54, 1.807) is 42.1 Å². The highest BCUT2D eigenvalue weighted by molar-refractivity contribution is 5.80. The third-order valence-corrected chi connectivity index (χ3v) is 4.25. The summed E-state index contributed by atoms with van der Waals surface area (Å²) in [6, 6.07) is 9.68. The third-order valence-electron chi connectivity index (χ3n) is 4.25. The number of rotatable bonds is 4. The van der Waals surface area contributed by atoms with Crippen molar-refractivity contribution in [2.75, 3.05) is 14.1 Å². The van der Waals surface area contributed by atoms with Crippen LogP contribution in [0.2, 0.25) is 0 Å². The van der Waals surface area contributed by atoms with Crippen molar-refractivity contribution in [3.63, 3.8) is 0 Å². The molecule has 1 amide bonds. The van der Waals surface area contributed by atoms with Gasteiger partial charge in [-0.1, -0.05) is 18.2 Å². The van der Waals surface area contributed by atoms with Crippen molar-refractivity contribution in [2.45, 2.75) is 6.42 Å². The predicted molar refractivity (Wildman–Crippen MR) is 97.9 cm³/mol. The molecule has 0 aliphatic carbocycles. The van der Waals surface area contributed by atoms with Gasteiger partial charge in [0, 0.05) is 38.9 Å². The van der Waals surface area contributed by atoms with E-state index in [4.69, 9.17) is 0 Å². The molecular weight excluding hydrogens is 328 g/mol. The minimum absolute atomic E-state index is 0.0526. The van der Waals surface area contributed by atoms with E-state index in [0.717, 1.165) is 28.3 Å². The van der Waals surface area contributed by atoms with Gasteiger partial charge >= 0.3 is 0 Å². The number of fused-ring (bicyclic) bond motifs is 1. The number of hydrogen-bond acceptors (Lipinski definition) is 4. The van der Waals surface area contributed by atoms with Crippen LogP contribution in [0.5, 0.6) is 0 Å². The molecule has 3 heterocycles. The second kappa shape index (κ2) is 6.44. The minimum atomic E-state index is 0.0526.